The number of hydrogen-bond acceptors (Lipinski definition) is 3. The standard InChI is InChI=1S/C20H24N2O2S.ClH/c21-12-18-13-22(14-20(18)16-5-2-1-3-6-16)25(23,24)19-10-9-15-7-4-8-17(15)11-19;/h1-3,5-6,9-11,18,20H,4,7-8,12-14,21H2;1H/t18-,20+;/m1./s1. The lowest BCUT2D eigenvalue weighted by Gasteiger charge is -2.17. The van der Waals surface area contributed by atoms with E-state index in [1.807, 2.05) is 30.3 Å². The van der Waals surface area contributed by atoms with Crippen LogP contribution >= 0.6 is 12.4 Å². The van der Waals surface area contributed by atoms with Crippen molar-refractivity contribution in [2.24, 2.45) is 11.7 Å². The molecular weight excluding hydrogens is 368 g/mol. The monoisotopic (exact) mass is 392 g/mol. The molecule has 26 heavy (non-hydrogen) atoms. The molecule has 140 valence electrons. The lowest BCUT2D eigenvalue weighted by molar-refractivity contribution is 0.459. The van der Waals surface area contributed by atoms with Crippen LogP contribution in [-0.4, -0.2) is 32.4 Å². The highest BCUT2D eigenvalue weighted by molar-refractivity contribution is 7.89. The molecule has 0 saturated carbocycles. The van der Waals surface area contributed by atoms with Gasteiger partial charge in [-0.25, -0.2) is 8.42 Å². The Morgan fingerprint density at radius 1 is 1.00 bits per heavy atom. The van der Waals surface area contributed by atoms with Gasteiger partial charge >= 0.3 is 0 Å². The molecule has 1 fully saturated rings. The van der Waals surface area contributed by atoms with Gasteiger partial charge in [0, 0.05) is 19.0 Å². The van der Waals surface area contributed by atoms with Crippen LogP contribution in [0.3, 0.4) is 0 Å². The summed E-state index contributed by atoms with van der Waals surface area (Å²) in [5.74, 6) is 0.321. The van der Waals surface area contributed by atoms with E-state index in [0.717, 1.165) is 19.3 Å². The molecule has 0 spiro atoms. The van der Waals surface area contributed by atoms with Crippen molar-refractivity contribution in [2.75, 3.05) is 19.6 Å². The van der Waals surface area contributed by atoms with Crippen LogP contribution in [0.1, 0.15) is 29.0 Å². The van der Waals surface area contributed by atoms with Crippen molar-refractivity contribution in [3.05, 3.63) is 65.2 Å². The largest absolute Gasteiger partial charge is 0.330 e. The fourth-order valence-electron chi connectivity index (χ4n) is 4.20. The van der Waals surface area contributed by atoms with Gasteiger partial charge in [-0.1, -0.05) is 36.4 Å². The highest BCUT2D eigenvalue weighted by atomic mass is 35.5. The van der Waals surface area contributed by atoms with Gasteiger partial charge in [-0.3, -0.25) is 0 Å². The number of sulfonamides is 1. The zero-order valence-corrected chi connectivity index (χ0v) is 16.3. The van der Waals surface area contributed by atoms with E-state index in [1.165, 1.54) is 16.7 Å². The van der Waals surface area contributed by atoms with Gasteiger partial charge in [0.1, 0.15) is 0 Å². The number of fused-ring (bicyclic) bond motifs is 1. The molecule has 2 aromatic rings. The SMILES string of the molecule is Cl.NC[C@@H]1CN(S(=O)(=O)c2ccc3c(c2)CCC3)C[C@H]1c1ccccc1. The topological polar surface area (TPSA) is 63.4 Å². The minimum Gasteiger partial charge on any atom is -0.330 e. The molecule has 2 aromatic carbocycles. The molecule has 0 unspecified atom stereocenters. The van der Waals surface area contributed by atoms with E-state index in [2.05, 4.69) is 12.1 Å². The van der Waals surface area contributed by atoms with E-state index in [-0.39, 0.29) is 24.2 Å². The Morgan fingerprint density at radius 2 is 1.73 bits per heavy atom. The van der Waals surface area contributed by atoms with E-state index in [1.54, 1.807) is 10.4 Å². The Morgan fingerprint density at radius 3 is 2.46 bits per heavy atom. The van der Waals surface area contributed by atoms with Crippen molar-refractivity contribution in [1.29, 1.82) is 0 Å². The molecule has 2 atom stereocenters. The Balaban J connectivity index is 0.00000196. The molecule has 2 aliphatic rings. The number of benzene rings is 2. The third-order valence-electron chi connectivity index (χ3n) is 5.65. The fraction of sp³-hybridized carbons (Fsp3) is 0.400. The zero-order chi connectivity index (χ0) is 17.4. The normalized spacial score (nSPS) is 22.8. The Bertz CT molecular complexity index is 871. The van der Waals surface area contributed by atoms with Gasteiger partial charge in [-0.15, -0.1) is 12.4 Å². The van der Waals surface area contributed by atoms with E-state index in [0.29, 0.717) is 24.5 Å². The summed E-state index contributed by atoms with van der Waals surface area (Å²) in [6.45, 7) is 1.50. The summed E-state index contributed by atoms with van der Waals surface area (Å²) in [7, 11) is -3.47. The van der Waals surface area contributed by atoms with E-state index in [9.17, 15) is 8.42 Å². The smallest absolute Gasteiger partial charge is 0.243 e. The molecule has 2 N–H and O–H groups in total. The lowest BCUT2D eigenvalue weighted by atomic mass is 9.89. The highest BCUT2D eigenvalue weighted by Gasteiger charge is 2.39. The highest BCUT2D eigenvalue weighted by Crippen LogP contribution is 2.36. The van der Waals surface area contributed by atoms with Crippen LogP contribution in [0, 0.1) is 5.92 Å². The van der Waals surface area contributed by atoms with E-state index < -0.39 is 10.0 Å². The quantitative estimate of drug-likeness (QED) is 0.869. The molecule has 0 amide bonds. The molecule has 4 nitrogen and oxygen atoms in total. The van der Waals surface area contributed by atoms with Crippen molar-refractivity contribution < 1.29 is 8.42 Å². The molecule has 0 radical (unpaired) electrons. The summed E-state index contributed by atoms with van der Waals surface area (Å²) in [5, 5.41) is 0. The second kappa shape index (κ2) is 7.69. The summed E-state index contributed by atoms with van der Waals surface area (Å²) in [6, 6.07) is 15.8. The Labute approximate surface area is 161 Å². The molecule has 0 aromatic heterocycles. The second-order valence-corrected chi connectivity index (χ2v) is 9.06. The molecule has 1 aliphatic carbocycles. The first kappa shape index (κ1) is 19.4. The number of nitrogens with zero attached hydrogens (tertiary/aromatic N) is 1. The molecule has 6 heteroatoms. The van der Waals surface area contributed by atoms with Gasteiger partial charge in [-0.05, 0) is 60.5 Å². The van der Waals surface area contributed by atoms with Crippen LogP contribution in [0.4, 0.5) is 0 Å². The van der Waals surface area contributed by atoms with Crippen molar-refractivity contribution >= 4 is 22.4 Å². The second-order valence-electron chi connectivity index (χ2n) is 7.12. The zero-order valence-electron chi connectivity index (χ0n) is 14.7. The Hall–Kier alpha value is -1.40. The summed E-state index contributed by atoms with van der Waals surface area (Å²) < 4.78 is 27.9. The van der Waals surface area contributed by atoms with Crippen molar-refractivity contribution in [1.82, 2.24) is 4.31 Å². The van der Waals surface area contributed by atoms with Crippen LogP contribution < -0.4 is 5.73 Å². The van der Waals surface area contributed by atoms with Gasteiger partial charge in [0.2, 0.25) is 10.0 Å². The molecule has 0 bridgehead atoms. The van der Waals surface area contributed by atoms with Crippen molar-refractivity contribution in [3.8, 4) is 0 Å². The fourth-order valence-corrected chi connectivity index (χ4v) is 5.78. The lowest BCUT2D eigenvalue weighted by Crippen LogP contribution is -2.30. The van der Waals surface area contributed by atoms with Gasteiger partial charge in [0.15, 0.2) is 0 Å². The number of halogens is 1. The third kappa shape index (κ3) is 3.41. The molecule has 1 heterocycles. The first-order valence-corrected chi connectivity index (χ1v) is 10.4. The van der Waals surface area contributed by atoms with E-state index in [4.69, 9.17) is 5.73 Å². The van der Waals surface area contributed by atoms with Crippen LogP contribution in [0.2, 0.25) is 0 Å². The maximum atomic E-state index is 13.2. The molecule has 4 rings (SSSR count). The Kier molecular flexibility index (Phi) is 5.72. The number of rotatable bonds is 4. The average Bonchev–Trinajstić information content (AvgIpc) is 3.28. The number of nitrogens with two attached hydrogens (primary N) is 1. The van der Waals surface area contributed by atoms with Gasteiger partial charge in [-0.2, -0.15) is 4.31 Å². The molecular formula is C20H25ClN2O2S. The molecule has 1 aliphatic heterocycles. The predicted molar refractivity (Wildman–Crippen MR) is 106 cm³/mol. The van der Waals surface area contributed by atoms with Crippen LogP contribution in [0.5, 0.6) is 0 Å². The van der Waals surface area contributed by atoms with Crippen LogP contribution in [-0.2, 0) is 22.9 Å². The predicted octanol–water partition coefficient (Wildman–Crippen LogP) is 2.96. The third-order valence-corrected chi connectivity index (χ3v) is 7.47. The summed E-state index contributed by atoms with van der Waals surface area (Å²) in [6.07, 6.45) is 3.16. The van der Waals surface area contributed by atoms with E-state index >= 15 is 0 Å². The van der Waals surface area contributed by atoms with Crippen molar-refractivity contribution in [2.45, 2.75) is 30.1 Å². The van der Waals surface area contributed by atoms with Gasteiger partial charge < -0.3 is 5.73 Å². The maximum Gasteiger partial charge on any atom is 0.243 e. The first-order chi connectivity index (χ1) is 12.1. The van der Waals surface area contributed by atoms with Crippen LogP contribution in [0.25, 0.3) is 0 Å². The minimum absolute atomic E-state index is 0. The van der Waals surface area contributed by atoms with Crippen LogP contribution in [0.15, 0.2) is 53.4 Å². The minimum atomic E-state index is -3.47. The summed E-state index contributed by atoms with van der Waals surface area (Å²) in [4.78, 5) is 0.428. The summed E-state index contributed by atoms with van der Waals surface area (Å²) in [5.41, 5.74) is 9.61. The average molecular weight is 393 g/mol. The van der Waals surface area contributed by atoms with Crippen molar-refractivity contribution in [3.63, 3.8) is 0 Å². The van der Waals surface area contributed by atoms with Gasteiger partial charge in [0.25, 0.3) is 0 Å². The van der Waals surface area contributed by atoms with Gasteiger partial charge in [0.05, 0.1) is 4.90 Å². The number of aryl methyl sites for hydroxylation is 2. The first-order valence-electron chi connectivity index (χ1n) is 8.96. The number of hydrogen-bond donors (Lipinski definition) is 1. The molecule has 1 saturated heterocycles. The summed E-state index contributed by atoms with van der Waals surface area (Å²) >= 11 is 0. The maximum absolute atomic E-state index is 13.2.